The van der Waals surface area contributed by atoms with Gasteiger partial charge in [-0.25, -0.2) is 0 Å². The third-order valence-electron chi connectivity index (χ3n) is 4.61. The molecule has 0 aromatic heterocycles. The summed E-state index contributed by atoms with van der Waals surface area (Å²) in [5, 5.41) is 1.87. The Morgan fingerprint density at radius 1 is 0.970 bits per heavy atom. The number of ether oxygens (including phenoxy) is 1. The number of carbonyl (C=O) groups excluding carboxylic acids is 1. The van der Waals surface area contributed by atoms with Crippen LogP contribution in [0.15, 0.2) is 64.0 Å². The molecule has 0 radical (unpaired) electrons. The van der Waals surface area contributed by atoms with Crippen molar-refractivity contribution in [1.82, 2.24) is 0 Å². The first-order chi connectivity index (χ1) is 15.7. The van der Waals surface area contributed by atoms with Crippen molar-refractivity contribution in [2.24, 2.45) is 0 Å². The Morgan fingerprint density at radius 3 is 2.45 bits per heavy atom. The zero-order valence-corrected chi connectivity index (χ0v) is 22.7. The van der Waals surface area contributed by atoms with Crippen LogP contribution in [0, 0.1) is 0 Å². The molecule has 0 N–H and O–H groups in total. The van der Waals surface area contributed by atoms with Crippen molar-refractivity contribution in [3.05, 3.63) is 95.2 Å². The van der Waals surface area contributed by atoms with Gasteiger partial charge in [0.2, 0.25) is 0 Å². The average Bonchev–Trinajstić information content (AvgIpc) is 3.03. The molecule has 10 heteroatoms. The average molecular weight is 620 g/mol. The summed E-state index contributed by atoms with van der Waals surface area (Å²) in [6.07, 6.45) is 1.78. The molecule has 1 aliphatic rings. The number of halogens is 5. The van der Waals surface area contributed by atoms with Crippen LogP contribution < -0.4 is 9.64 Å². The first kappa shape index (κ1) is 24.9. The molecular weight excluding hydrogens is 608 g/mol. The fourth-order valence-electron chi connectivity index (χ4n) is 2.98. The summed E-state index contributed by atoms with van der Waals surface area (Å²) in [5.41, 5.74) is 2.21. The molecule has 0 aliphatic carbocycles. The number of amides is 1. The smallest absolute Gasteiger partial charge is 0.270 e. The molecule has 168 valence electrons. The van der Waals surface area contributed by atoms with E-state index in [2.05, 4.69) is 15.9 Å². The molecule has 0 saturated carbocycles. The topological polar surface area (TPSA) is 29.5 Å². The Balaban J connectivity index is 1.51. The molecule has 3 nitrogen and oxygen atoms in total. The Bertz CT molecular complexity index is 1320. The van der Waals surface area contributed by atoms with Crippen LogP contribution in [0.3, 0.4) is 0 Å². The monoisotopic (exact) mass is 617 g/mol. The minimum absolute atomic E-state index is 0.225. The molecule has 0 atom stereocenters. The Morgan fingerprint density at radius 2 is 1.76 bits per heavy atom. The quantitative estimate of drug-likeness (QED) is 0.210. The fraction of sp³-hybridized carbons (Fsp3) is 0.0435. The predicted octanol–water partition coefficient (Wildman–Crippen LogP) is 9.05. The second-order valence-electron chi connectivity index (χ2n) is 6.83. The maximum absolute atomic E-state index is 13.0. The molecule has 1 heterocycles. The maximum Gasteiger partial charge on any atom is 0.270 e. The molecule has 1 fully saturated rings. The SMILES string of the molecule is O=C1/C(=C/c2ccc(OCc3ccc(Cl)cc3Cl)c(Br)c2)SC(=S)N1c1ccc(Cl)c(Cl)c1. The number of carbonyl (C=O) groups is 1. The van der Waals surface area contributed by atoms with Gasteiger partial charge in [0, 0.05) is 15.6 Å². The van der Waals surface area contributed by atoms with Gasteiger partial charge < -0.3 is 4.74 Å². The van der Waals surface area contributed by atoms with Crippen LogP contribution in [-0.2, 0) is 11.4 Å². The number of hydrogen-bond acceptors (Lipinski definition) is 4. The van der Waals surface area contributed by atoms with Gasteiger partial charge in [-0.1, -0.05) is 82.5 Å². The lowest BCUT2D eigenvalue weighted by atomic mass is 10.2. The highest BCUT2D eigenvalue weighted by atomic mass is 79.9. The minimum atomic E-state index is -0.225. The fourth-order valence-corrected chi connectivity index (χ4v) is 5.55. The van der Waals surface area contributed by atoms with E-state index < -0.39 is 0 Å². The van der Waals surface area contributed by atoms with E-state index in [1.807, 2.05) is 24.3 Å². The number of thiocarbonyl (C=S) groups is 1. The second kappa shape index (κ2) is 10.6. The van der Waals surface area contributed by atoms with Gasteiger partial charge in [0.05, 0.1) is 25.1 Å². The van der Waals surface area contributed by atoms with Crippen LogP contribution in [0.1, 0.15) is 11.1 Å². The first-order valence-corrected chi connectivity index (χ1v) is 12.8. The summed E-state index contributed by atoms with van der Waals surface area (Å²) >= 11 is 34.4. The Hall–Kier alpha value is -1.25. The summed E-state index contributed by atoms with van der Waals surface area (Å²) in [6, 6.07) is 15.8. The van der Waals surface area contributed by atoms with Crippen molar-refractivity contribution < 1.29 is 9.53 Å². The van der Waals surface area contributed by atoms with Gasteiger partial charge in [-0.2, -0.15) is 0 Å². The van der Waals surface area contributed by atoms with E-state index in [1.165, 1.54) is 16.7 Å². The molecule has 33 heavy (non-hydrogen) atoms. The van der Waals surface area contributed by atoms with Crippen LogP contribution in [0.5, 0.6) is 5.75 Å². The van der Waals surface area contributed by atoms with Gasteiger partial charge in [0.15, 0.2) is 4.32 Å². The highest BCUT2D eigenvalue weighted by molar-refractivity contribution is 9.10. The third kappa shape index (κ3) is 5.70. The summed E-state index contributed by atoms with van der Waals surface area (Å²) in [4.78, 5) is 14.9. The van der Waals surface area contributed by atoms with Crippen LogP contribution in [-0.4, -0.2) is 10.2 Å². The van der Waals surface area contributed by atoms with Gasteiger partial charge in [0.25, 0.3) is 5.91 Å². The highest BCUT2D eigenvalue weighted by Gasteiger charge is 2.33. The molecule has 0 bridgehead atoms. The Kier molecular flexibility index (Phi) is 7.96. The van der Waals surface area contributed by atoms with Crippen LogP contribution in [0.4, 0.5) is 5.69 Å². The van der Waals surface area contributed by atoms with Gasteiger partial charge in [0.1, 0.15) is 12.4 Å². The van der Waals surface area contributed by atoms with E-state index in [1.54, 1.807) is 36.4 Å². The lowest BCUT2D eigenvalue weighted by Gasteiger charge is -2.15. The van der Waals surface area contributed by atoms with Crippen molar-refractivity contribution in [3.8, 4) is 5.75 Å². The van der Waals surface area contributed by atoms with E-state index in [0.717, 1.165) is 15.6 Å². The molecule has 1 amide bonds. The maximum atomic E-state index is 13.0. The molecule has 3 aromatic rings. The normalized spacial score (nSPS) is 14.9. The first-order valence-electron chi connectivity index (χ1n) is 9.32. The van der Waals surface area contributed by atoms with Crippen LogP contribution in [0.25, 0.3) is 6.08 Å². The molecule has 4 rings (SSSR count). The van der Waals surface area contributed by atoms with E-state index >= 15 is 0 Å². The summed E-state index contributed by atoms with van der Waals surface area (Å²) in [5.74, 6) is 0.416. The molecule has 0 unspecified atom stereocenters. The van der Waals surface area contributed by atoms with Crippen molar-refractivity contribution in [3.63, 3.8) is 0 Å². The lowest BCUT2D eigenvalue weighted by Crippen LogP contribution is -2.27. The predicted molar refractivity (Wildman–Crippen MR) is 147 cm³/mol. The number of thioether (sulfide) groups is 1. The molecule has 1 aliphatic heterocycles. The molecule has 1 saturated heterocycles. The highest BCUT2D eigenvalue weighted by Crippen LogP contribution is 2.38. The van der Waals surface area contributed by atoms with E-state index in [0.29, 0.717) is 40.8 Å². The van der Waals surface area contributed by atoms with Crippen molar-refractivity contribution in [2.45, 2.75) is 6.61 Å². The van der Waals surface area contributed by atoms with Crippen molar-refractivity contribution in [2.75, 3.05) is 4.90 Å². The second-order valence-corrected chi connectivity index (χ2v) is 11.0. The summed E-state index contributed by atoms with van der Waals surface area (Å²) in [6.45, 7) is 0.288. The zero-order valence-electron chi connectivity index (χ0n) is 16.5. The van der Waals surface area contributed by atoms with E-state index in [4.69, 9.17) is 63.4 Å². The van der Waals surface area contributed by atoms with Gasteiger partial charge in [-0.05, 0) is 70.0 Å². The van der Waals surface area contributed by atoms with Gasteiger partial charge in [-0.15, -0.1) is 0 Å². The van der Waals surface area contributed by atoms with Gasteiger partial charge in [-0.3, -0.25) is 9.69 Å². The minimum Gasteiger partial charge on any atom is -0.488 e. The zero-order chi connectivity index (χ0) is 23.7. The number of rotatable bonds is 5. The van der Waals surface area contributed by atoms with Crippen LogP contribution in [0.2, 0.25) is 20.1 Å². The lowest BCUT2D eigenvalue weighted by molar-refractivity contribution is -0.113. The van der Waals surface area contributed by atoms with Crippen LogP contribution >= 0.6 is 86.3 Å². The third-order valence-corrected chi connectivity index (χ3v) is 7.85. The number of hydrogen-bond donors (Lipinski definition) is 0. The molecular formula is C23H12BrCl4NO2S2. The Labute approximate surface area is 228 Å². The summed E-state index contributed by atoms with van der Waals surface area (Å²) in [7, 11) is 0. The number of nitrogens with zero attached hydrogens (tertiary/aromatic N) is 1. The summed E-state index contributed by atoms with van der Waals surface area (Å²) < 4.78 is 7.04. The van der Waals surface area contributed by atoms with Crippen molar-refractivity contribution in [1.29, 1.82) is 0 Å². The number of benzene rings is 3. The number of anilines is 1. The standard InChI is InChI=1S/C23H12BrCl4NO2S2/c24-16-7-12(1-6-20(16)31-11-13-2-3-14(25)9-18(13)27)8-21-22(30)29(23(32)33-21)15-4-5-17(26)19(28)10-15/h1-10H,11H2/b21-8-. The largest absolute Gasteiger partial charge is 0.488 e. The van der Waals surface area contributed by atoms with E-state index in [9.17, 15) is 4.79 Å². The molecule has 3 aromatic carbocycles. The molecule has 0 spiro atoms. The van der Waals surface area contributed by atoms with E-state index in [-0.39, 0.29) is 12.5 Å². The van der Waals surface area contributed by atoms with Crippen molar-refractivity contribution >= 4 is 108 Å². The van der Waals surface area contributed by atoms with Gasteiger partial charge >= 0.3 is 0 Å².